The molecular formula is C25H26F3N3O5S. The number of hydrogen-bond acceptors (Lipinski definition) is 5. The number of alkyl halides is 3. The molecular weight excluding hydrogens is 511 g/mol. The molecule has 3 aromatic carbocycles. The number of amides is 2. The minimum atomic E-state index is -4.70. The molecule has 3 rings (SSSR count). The number of nitrogens with two attached hydrogens (primary N) is 1. The molecule has 37 heavy (non-hydrogen) atoms. The molecule has 2 amide bonds. The van der Waals surface area contributed by atoms with Crippen molar-refractivity contribution in [1.29, 1.82) is 0 Å². The van der Waals surface area contributed by atoms with Crippen molar-refractivity contribution in [3.8, 4) is 11.1 Å². The van der Waals surface area contributed by atoms with Gasteiger partial charge in [0.2, 0.25) is 15.9 Å². The Morgan fingerprint density at radius 1 is 0.946 bits per heavy atom. The Hall–Kier alpha value is -3.74. The van der Waals surface area contributed by atoms with E-state index < -0.39 is 51.1 Å². The van der Waals surface area contributed by atoms with E-state index >= 15 is 0 Å². The molecule has 0 aliphatic carbocycles. The van der Waals surface area contributed by atoms with Gasteiger partial charge in [0, 0.05) is 12.1 Å². The highest BCUT2D eigenvalue weighted by atomic mass is 32.2. The van der Waals surface area contributed by atoms with Crippen LogP contribution in [0.4, 0.5) is 13.2 Å². The number of rotatable bonds is 9. The second-order valence-electron chi connectivity index (χ2n) is 7.66. The molecule has 0 unspecified atom stereocenters. The van der Waals surface area contributed by atoms with Crippen LogP contribution >= 0.6 is 0 Å². The molecule has 0 saturated carbocycles. The number of carbonyl (C=O) groups excluding carboxylic acids is 2. The third-order valence-electron chi connectivity index (χ3n) is 5.23. The van der Waals surface area contributed by atoms with Gasteiger partial charge < -0.3 is 16.2 Å². The van der Waals surface area contributed by atoms with Gasteiger partial charge in [-0.3, -0.25) is 9.59 Å². The van der Waals surface area contributed by atoms with Crippen LogP contribution in [0.25, 0.3) is 11.1 Å². The summed E-state index contributed by atoms with van der Waals surface area (Å²) in [6.45, 7) is -0.984. The molecule has 0 bridgehead atoms. The predicted molar refractivity (Wildman–Crippen MR) is 132 cm³/mol. The van der Waals surface area contributed by atoms with Gasteiger partial charge in [0.1, 0.15) is 6.04 Å². The van der Waals surface area contributed by atoms with Gasteiger partial charge in [-0.1, -0.05) is 56.0 Å². The molecule has 0 aliphatic rings. The van der Waals surface area contributed by atoms with Crippen LogP contribution in [0.15, 0.2) is 77.7 Å². The van der Waals surface area contributed by atoms with Gasteiger partial charge in [0.15, 0.2) is 0 Å². The Kier molecular flexibility index (Phi) is 9.56. The molecule has 8 nitrogen and oxygen atoms in total. The summed E-state index contributed by atoms with van der Waals surface area (Å²) in [7, 11) is -4.30. The fourth-order valence-electron chi connectivity index (χ4n) is 3.39. The average Bonchev–Trinajstić information content (AvgIpc) is 2.85. The van der Waals surface area contributed by atoms with E-state index in [1.165, 1.54) is 6.07 Å². The van der Waals surface area contributed by atoms with Crippen LogP contribution in [0.1, 0.15) is 28.9 Å². The highest BCUT2D eigenvalue weighted by molar-refractivity contribution is 7.89. The van der Waals surface area contributed by atoms with E-state index in [9.17, 15) is 36.3 Å². The number of benzene rings is 3. The van der Waals surface area contributed by atoms with Gasteiger partial charge >= 0.3 is 6.18 Å². The smallest absolute Gasteiger partial charge is 0.394 e. The molecule has 198 valence electrons. The summed E-state index contributed by atoms with van der Waals surface area (Å²) in [5, 5.41) is 11.6. The van der Waals surface area contributed by atoms with E-state index in [0.717, 1.165) is 18.2 Å². The van der Waals surface area contributed by atoms with Crippen molar-refractivity contribution in [1.82, 2.24) is 10.0 Å². The molecule has 3 aromatic rings. The Bertz CT molecular complexity index is 1380. The number of carbonyl (C=O) groups is 2. The van der Waals surface area contributed by atoms with E-state index in [1.54, 1.807) is 42.5 Å². The Labute approximate surface area is 212 Å². The zero-order chi connectivity index (χ0) is 26.5. The quantitative estimate of drug-likeness (QED) is 0.332. The number of halogens is 3. The Balaban J connectivity index is 0.00000481. The summed E-state index contributed by atoms with van der Waals surface area (Å²) < 4.78 is 66.8. The Morgan fingerprint density at radius 3 is 2.19 bits per heavy atom. The monoisotopic (exact) mass is 537 g/mol. The van der Waals surface area contributed by atoms with Crippen LogP contribution in [0.5, 0.6) is 0 Å². The van der Waals surface area contributed by atoms with Crippen LogP contribution < -0.4 is 15.8 Å². The minimum Gasteiger partial charge on any atom is -0.394 e. The number of aliphatic hydroxyl groups excluding tert-OH is 1. The first-order chi connectivity index (χ1) is 16.9. The summed E-state index contributed by atoms with van der Waals surface area (Å²) in [6, 6.07) is 14.9. The SMILES string of the molecule is C.NC(=O)[C@H](CO)NC(=O)c1ccccc1-c1ccccc1CNS(=O)(=O)c1cccc(C(F)(F)F)c1. The number of primary amides is 1. The predicted octanol–water partition coefficient (Wildman–Crippen LogP) is 3.06. The molecule has 5 N–H and O–H groups in total. The summed E-state index contributed by atoms with van der Waals surface area (Å²) >= 11 is 0. The topological polar surface area (TPSA) is 139 Å². The average molecular weight is 538 g/mol. The largest absolute Gasteiger partial charge is 0.416 e. The number of aliphatic hydroxyl groups is 1. The lowest BCUT2D eigenvalue weighted by atomic mass is 9.95. The van der Waals surface area contributed by atoms with E-state index in [2.05, 4.69) is 10.0 Å². The van der Waals surface area contributed by atoms with E-state index in [4.69, 9.17) is 5.73 Å². The lowest BCUT2D eigenvalue weighted by Gasteiger charge is -2.17. The van der Waals surface area contributed by atoms with Crippen LogP contribution in [-0.4, -0.2) is 38.0 Å². The molecule has 0 heterocycles. The van der Waals surface area contributed by atoms with Crippen molar-refractivity contribution in [3.63, 3.8) is 0 Å². The summed E-state index contributed by atoms with van der Waals surface area (Å²) in [5.41, 5.74) is 5.50. The van der Waals surface area contributed by atoms with Crippen molar-refractivity contribution >= 4 is 21.8 Å². The molecule has 0 radical (unpaired) electrons. The van der Waals surface area contributed by atoms with Crippen molar-refractivity contribution in [2.75, 3.05) is 6.61 Å². The molecule has 0 saturated heterocycles. The third-order valence-corrected chi connectivity index (χ3v) is 6.63. The van der Waals surface area contributed by atoms with Crippen molar-refractivity contribution in [3.05, 3.63) is 89.5 Å². The van der Waals surface area contributed by atoms with Gasteiger partial charge in [-0.05, 0) is 41.0 Å². The van der Waals surface area contributed by atoms with Gasteiger partial charge in [-0.2, -0.15) is 13.2 Å². The second kappa shape index (κ2) is 12.0. The van der Waals surface area contributed by atoms with Gasteiger partial charge in [0.25, 0.3) is 5.91 Å². The third kappa shape index (κ3) is 7.15. The molecule has 0 fully saturated rings. The van der Waals surface area contributed by atoms with Crippen molar-refractivity contribution in [2.24, 2.45) is 5.73 Å². The fourth-order valence-corrected chi connectivity index (χ4v) is 4.44. The lowest BCUT2D eigenvalue weighted by Crippen LogP contribution is -2.46. The first-order valence-electron chi connectivity index (χ1n) is 10.5. The van der Waals surface area contributed by atoms with Crippen LogP contribution in [0, 0.1) is 0 Å². The van der Waals surface area contributed by atoms with E-state index in [-0.39, 0.29) is 19.5 Å². The lowest BCUT2D eigenvalue weighted by molar-refractivity contribution is -0.137. The summed E-state index contributed by atoms with van der Waals surface area (Å²) in [6.07, 6.45) is -4.70. The minimum absolute atomic E-state index is 0. The maximum Gasteiger partial charge on any atom is 0.416 e. The maximum absolute atomic E-state index is 13.0. The molecule has 0 aliphatic heterocycles. The Morgan fingerprint density at radius 2 is 1.57 bits per heavy atom. The normalized spacial score (nSPS) is 12.3. The number of hydrogen-bond donors (Lipinski definition) is 4. The molecule has 12 heteroatoms. The van der Waals surface area contributed by atoms with Gasteiger partial charge in [-0.15, -0.1) is 0 Å². The number of nitrogens with one attached hydrogen (secondary N) is 2. The maximum atomic E-state index is 13.0. The standard InChI is InChI=1S/C24H22F3N3O5S.CH4/c25-24(26,27)16-7-5-8-17(12-16)36(34,35)29-13-15-6-1-2-9-18(15)19-10-3-4-11-20(19)23(33)30-21(14-31)22(28)32;/h1-12,21,29,31H,13-14H2,(H2,28,32)(H,30,33);1H4/t21-;/m0./s1. The van der Waals surface area contributed by atoms with Crippen LogP contribution in [0.2, 0.25) is 0 Å². The van der Waals surface area contributed by atoms with E-state index in [1.807, 2.05) is 0 Å². The molecule has 0 spiro atoms. The highest BCUT2D eigenvalue weighted by Crippen LogP contribution is 2.31. The highest BCUT2D eigenvalue weighted by Gasteiger charge is 2.31. The molecule has 0 aromatic heterocycles. The van der Waals surface area contributed by atoms with Crippen molar-refractivity contribution < 1.29 is 36.3 Å². The second-order valence-corrected chi connectivity index (χ2v) is 9.43. The van der Waals surface area contributed by atoms with Crippen LogP contribution in [-0.2, 0) is 27.5 Å². The first kappa shape index (κ1) is 29.5. The fraction of sp³-hybridized carbons (Fsp3) is 0.200. The zero-order valence-corrected chi connectivity index (χ0v) is 19.4. The van der Waals surface area contributed by atoms with Gasteiger partial charge in [-0.25, -0.2) is 13.1 Å². The summed E-state index contributed by atoms with van der Waals surface area (Å²) in [4.78, 5) is 23.7. The van der Waals surface area contributed by atoms with Crippen molar-refractivity contribution in [2.45, 2.75) is 31.1 Å². The van der Waals surface area contributed by atoms with E-state index in [0.29, 0.717) is 22.8 Å². The zero-order valence-electron chi connectivity index (χ0n) is 18.6. The molecule has 1 atom stereocenters. The first-order valence-corrected chi connectivity index (χ1v) is 12.0. The number of sulfonamides is 1. The summed E-state index contributed by atoms with van der Waals surface area (Å²) in [5.74, 6) is -1.62. The van der Waals surface area contributed by atoms with Crippen LogP contribution in [0.3, 0.4) is 0 Å². The van der Waals surface area contributed by atoms with Gasteiger partial charge in [0.05, 0.1) is 17.1 Å².